The summed E-state index contributed by atoms with van der Waals surface area (Å²) in [5.41, 5.74) is -0.332. The van der Waals surface area contributed by atoms with E-state index in [0.29, 0.717) is 44.4 Å². The van der Waals surface area contributed by atoms with Crippen LogP contribution in [0.5, 0.6) is 0 Å². The number of benzene rings is 1. The third kappa shape index (κ3) is 10.1. The SMILES string of the molecule is [B]C(=O)C([B])(C)CCOC(C)(C)CCC(C)(C)NC(=O)CCC(C)(C)c1ccc(N2C(=O)CC(C(C)(C)CC)C2=O)cc1. The van der Waals surface area contributed by atoms with Crippen molar-refractivity contribution in [2.24, 2.45) is 11.3 Å². The Balaban J connectivity index is 1.91. The lowest BCUT2D eigenvalue weighted by Crippen LogP contribution is -2.45. The standard InChI is InChI=1S/C34H52B2N2O5/c1-11-30(2,3)25-22-27(40)38(28(25)41)24-14-12-23(13-15-24)31(4,5)17-16-26(39)37-32(6,7)18-19-33(8,9)43-21-20-34(10,36)29(35)42/h12-15,25H,11,16-22H2,1-10H3,(H,37,39). The van der Waals surface area contributed by atoms with Gasteiger partial charge in [0, 0.05) is 25.0 Å². The summed E-state index contributed by atoms with van der Waals surface area (Å²) in [6, 6.07) is 7.58. The van der Waals surface area contributed by atoms with Gasteiger partial charge in [-0.25, -0.2) is 0 Å². The first kappa shape index (κ1) is 36.8. The second-order valence-electron chi connectivity index (χ2n) is 15.2. The first-order chi connectivity index (χ1) is 19.5. The second kappa shape index (κ2) is 13.7. The third-order valence-electron chi connectivity index (χ3n) is 9.39. The molecule has 1 aliphatic heterocycles. The van der Waals surface area contributed by atoms with E-state index in [1.165, 1.54) is 4.90 Å². The number of imide groups is 1. The number of anilines is 1. The fraction of sp³-hybridized carbons (Fsp3) is 0.706. The Morgan fingerprint density at radius 2 is 1.51 bits per heavy atom. The van der Waals surface area contributed by atoms with E-state index in [-0.39, 0.29) is 40.9 Å². The average molecular weight is 590 g/mol. The Hall–Kier alpha value is -2.41. The molecule has 1 aromatic carbocycles. The second-order valence-corrected chi connectivity index (χ2v) is 15.2. The van der Waals surface area contributed by atoms with Gasteiger partial charge in [0.25, 0.3) is 0 Å². The summed E-state index contributed by atoms with van der Waals surface area (Å²) in [6.07, 6.45) is 3.80. The highest BCUT2D eigenvalue weighted by Crippen LogP contribution is 2.40. The van der Waals surface area contributed by atoms with Crippen molar-refractivity contribution >= 4 is 44.8 Å². The normalized spacial score (nSPS) is 18.1. The third-order valence-corrected chi connectivity index (χ3v) is 9.39. The molecule has 3 amide bonds. The molecule has 0 saturated carbocycles. The molecule has 9 heteroatoms. The number of carbonyl (C=O) groups is 4. The lowest BCUT2D eigenvalue weighted by atomic mass is 9.60. The summed E-state index contributed by atoms with van der Waals surface area (Å²) in [5, 5.41) is 2.06. The fourth-order valence-corrected chi connectivity index (χ4v) is 5.24. The van der Waals surface area contributed by atoms with Crippen LogP contribution in [-0.4, -0.2) is 56.8 Å². The maximum atomic E-state index is 13.1. The molecule has 0 aromatic heterocycles. The van der Waals surface area contributed by atoms with E-state index in [2.05, 4.69) is 19.2 Å². The Morgan fingerprint density at radius 3 is 2.05 bits per heavy atom. The smallest absolute Gasteiger partial charge is 0.237 e. The van der Waals surface area contributed by atoms with Crippen LogP contribution in [-0.2, 0) is 29.3 Å². The molecule has 1 aromatic rings. The summed E-state index contributed by atoms with van der Waals surface area (Å²) in [6.45, 7) is 20.2. The zero-order chi connectivity index (χ0) is 33.0. The van der Waals surface area contributed by atoms with Crippen molar-refractivity contribution in [3.63, 3.8) is 0 Å². The van der Waals surface area contributed by atoms with Crippen molar-refractivity contribution in [1.82, 2.24) is 5.32 Å². The van der Waals surface area contributed by atoms with Crippen molar-refractivity contribution < 1.29 is 23.9 Å². The summed E-state index contributed by atoms with van der Waals surface area (Å²) in [7, 11) is 11.3. The number of nitrogens with zero attached hydrogens (tertiary/aromatic N) is 1. The average Bonchev–Trinajstić information content (AvgIpc) is 3.20. The molecule has 0 aliphatic carbocycles. The highest BCUT2D eigenvalue weighted by molar-refractivity contribution is 6.64. The molecule has 1 heterocycles. The van der Waals surface area contributed by atoms with Crippen molar-refractivity contribution in [1.29, 1.82) is 0 Å². The van der Waals surface area contributed by atoms with Crippen molar-refractivity contribution in [2.75, 3.05) is 11.5 Å². The molecular weight excluding hydrogens is 538 g/mol. The molecular formula is C34H52B2N2O5. The summed E-state index contributed by atoms with van der Waals surface area (Å²) >= 11 is 0. The van der Waals surface area contributed by atoms with Gasteiger partial charge in [-0.1, -0.05) is 60.1 Å². The molecule has 2 rings (SSSR count). The monoisotopic (exact) mass is 590 g/mol. The van der Waals surface area contributed by atoms with E-state index in [1.54, 1.807) is 6.92 Å². The molecule has 0 bridgehead atoms. The molecule has 7 nitrogen and oxygen atoms in total. The Kier molecular flexibility index (Phi) is 11.7. The Labute approximate surface area is 262 Å². The molecule has 0 spiro atoms. The number of rotatable bonds is 16. The van der Waals surface area contributed by atoms with Crippen LogP contribution in [0.15, 0.2) is 24.3 Å². The van der Waals surface area contributed by atoms with Crippen molar-refractivity contribution in [3.8, 4) is 0 Å². The van der Waals surface area contributed by atoms with Crippen LogP contribution >= 0.6 is 0 Å². The molecule has 1 saturated heterocycles. The minimum absolute atomic E-state index is 0.0217. The Bertz CT molecular complexity index is 1170. The largest absolute Gasteiger partial charge is 0.376 e. The number of amides is 3. The summed E-state index contributed by atoms with van der Waals surface area (Å²) in [5.74, 6) is -0.607. The van der Waals surface area contributed by atoms with E-state index in [0.717, 1.165) is 12.0 Å². The number of hydrogen-bond donors (Lipinski definition) is 1. The maximum absolute atomic E-state index is 13.1. The van der Waals surface area contributed by atoms with Crippen LogP contribution in [0.4, 0.5) is 5.69 Å². The number of nitrogens with one attached hydrogen (secondary N) is 1. The quantitative estimate of drug-likeness (QED) is 0.190. The van der Waals surface area contributed by atoms with Gasteiger partial charge < -0.3 is 14.8 Å². The van der Waals surface area contributed by atoms with Crippen molar-refractivity contribution in [3.05, 3.63) is 29.8 Å². The van der Waals surface area contributed by atoms with Gasteiger partial charge in [-0.05, 0) is 87.2 Å². The van der Waals surface area contributed by atoms with E-state index in [9.17, 15) is 19.2 Å². The summed E-state index contributed by atoms with van der Waals surface area (Å²) < 4.78 is 5.99. The number of carbonyl (C=O) groups excluding carboxylic acids is 4. The van der Waals surface area contributed by atoms with Crippen LogP contribution in [0.25, 0.3) is 0 Å². The van der Waals surface area contributed by atoms with E-state index >= 15 is 0 Å². The molecule has 1 aliphatic rings. The van der Waals surface area contributed by atoms with Gasteiger partial charge in [-0.2, -0.15) is 0 Å². The lowest BCUT2D eigenvalue weighted by molar-refractivity contribution is -0.124. The van der Waals surface area contributed by atoms with Crippen LogP contribution in [0.3, 0.4) is 0 Å². The fourth-order valence-electron chi connectivity index (χ4n) is 5.24. The van der Waals surface area contributed by atoms with Gasteiger partial charge >= 0.3 is 0 Å². The van der Waals surface area contributed by atoms with Crippen LogP contribution in [0.2, 0.25) is 5.31 Å². The predicted molar refractivity (Wildman–Crippen MR) is 174 cm³/mol. The zero-order valence-electron chi connectivity index (χ0n) is 28.2. The van der Waals surface area contributed by atoms with Crippen LogP contribution in [0, 0.1) is 11.3 Å². The topological polar surface area (TPSA) is 92.8 Å². The van der Waals surface area contributed by atoms with Gasteiger partial charge in [0.05, 0.1) is 30.7 Å². The first-order valence-corrected chi connectivity index (χ1v) is 15.5. The molecule has 43 heavy (non-hydrogen) atoms. The van der Waals surface area contributed by atoms with Gasteiger partial charge in [0.1, 0.15) is 0 Å². The van der Waals surface area contributed by atoms with Gasteiger partial charge in [-0.15, -0.1) is 0 Å². The highest BCUT2D eigenvalue weighted by atomic mass is 16.5. The van der Waals surface area contributed by atoms with Gasteiger partial charge in [-0.3, -0.25) is 19.3 Å². The molecule has 1 N–H and O–H groups in total. The van der Waals surface area contributed by atoms with E-state index in [1.807, 2.05) is 72.7 Å². The molecule has 4 radical (unpaired) electrons. The Morgan fingerprint density at radius 1 is 0.930 bits per heavy atom. The minimum atomic E-state index is -1.11. The molecule has 234 valence electrons. The summed E-state index contributed by atoms with van der Waals surface area (Å²) in [4.78, 5) is 51.6. The van der Waals surface area contributed by atoms with Gasteiger partial charge in [0.15, 0.2) is 7.85 Å². The highest BCUT2D eigenvalue weighted by Gasteiger charge is 2.46. The molecule has 2 atom stereocenters. The first-order valence-electron chi connectivity index (χ1n) is 15.5. The predicted octanol–water partition coefficient (Wildman–Crippen LogP) is 5.96. The molecule has 2 unspecified atom stereocenters. The number of ether oxygens (including phenoxy) is 1. The number of hydrogen-bond acceptors (Lipinski definition) is 5. The lowest BCUT2D eigenvalue weighted by Gasteiger charge is -2.33. The zero-order valence-corrected chi connectivity index (χ0v) is 28.2. The van der Waals surface area contributed by atoms with Crippen LogP contribution in [0.1, 0.15) is 120 Å². The van der Waals surface area contributed by atoms with Crippen LogP contribution < -0.4 is 10.2 Å². The van der Waals surface area contributed by atoms with E-state index < -0.39 is 22.1 Å². The maximum Gasteiger partial charge on any atom is 0.237 e. The van der Waals surface area contributed by atoms with Crippen molar-refractivity contribution in [2.45, 2.75) is 136 Å². The van der Waals surface area contributed by atoms with Gasteiger partial charge in [0.2, 0.25) is 17.7 Å². The molecule has 1 fully saturated rings. The van der Waals surface area contributed by atoms with E-state index in [4.69, 9.17) is 20.4 Å². The minimum Gasteiger partial charge on any atom is -0.376 e.